The molecular weight excluding hydrogens is 390 g/mol. The average molecular weight is 428 g/mol. The van der Waals surface area contributed by atoms with Crippen LogP contribution in [0.25, 0.3) is 11.3 Å². The number of aromatic nitrogens is 1. The SMILES string of the molecule is C=C/C=C(\C=C(/C)C1(CC)c2ccccc2-c2[nH]c(NC)cc21)NC(=C)C/C=C\CCC. The van der Waals surface area contributed by atoms with E-state index >= 15 is 0 Å². The number of aromatic amines is 1. The topological polar surface area (TPSA) is 39.9 Å². The van der Waals surface area contributed by atoms with E-state index in [4.69, 9.17) is 0 Å². The van der Waals surface area contributed by atoms with Gasteiger partial charge in [0.05, 0.1) is 5.69 Å². The maximum Gasteiger partial charge on any atom is 0.103 e. The molecule has 1 atom stereocenters. The predicted octanol–water partition coefficient (Wildman–Crippen LogP) is 7.60. The summed E-state index contributed by atoms with van der Waals surface area (Å²) >= 11 is 0. The van der Waals surface area contributed by atoms with Crippen LogP contribution in [0.2, 0.25) is 0 Å². The van der Waals surface area contributed by atoms with E-state index in [0.29, 0.717) is 0 Å². The third kappa shape index (κ3) is 4.38. The van der Waals surface area contributed by atoms with E-state index in [9.17, 15) is 0 Å². The van der Waals surface area contributed by atoms with Crippen LogP contribution in [0.15, 0.2) is 90.8 Å². The van der Waals surface area contributed by atoms with Crippen molar-refractivity contribution in [2.24, 2.45) is 0 Å². The summed E-state index contributed by atoms with van der Waals surface area (Å²) in [5, 5.41) is 6.78. The standard InChI is InChI=1S/C29H37N3/c1-7-10-11-12-16-22(5)31-23(15-8-2)19-21(4)29(9-3)25-18-14-13-17-24(25)28-26(29)20-27(30-6)32-28/h8,11-15,17-20,30-32H,2,5,7,9-10,16H2,1,3-4,6H3/b12-11-,21-19+,23-15+. The van der Waals surface area contributed by atoms with Gasteiger partial charge in [0.1, 0.15) is 5.82 Å². The lowest BCUT2D eigenvalue weighted by molar-refractivity contribution is 0.594. The second kappa shape index (κ2) is 10.4. The van der Waals surface area contributed by atoms with E-state index in [0.717, 1.165) is 42.9 Å². The second-order valence-electron chi connectivity index (χ2n) is 8.40. The van der Waals surface area contributed by atoms with Crippen LogP contribution in [0.1, 0.15) is 57.6 Å². The summed E-state index contributed by atoms with van der Waals surface area (Å²) in [5.74, 6) is 1.04. The highest BCUT2D eigenvalue weighted by Gasteiger charge is 2.44. The summed E-state index contributed by atoms with van der Waals surface area (Å²) in [6.45, 7) is 14.8. The second-order valence-corrected chi connectivity index (χ2v) is 8.40. The molecule has 1 aromatic carbocycles. The smallest absolute Gasteiger partial charge is 0.103 e. The number of rotatable bonds is 11. The summed E-state index contributed by atoms with van der Waals surface area (Å²) in [7, 11) is 1.96. The molecule has 3 heteroatoms. The van der Waals surface area contributed by atoms with Gasteiger partial charge in [0, 0.05) is 35.8 Å². The number of fused-ring (bicyclic) bond motifs is 3. The van der Waals surface area contributed by atoms with Crippen LogP contribution in [0, 0.1) is 0 Å². The highest BCUT2D eigenvalue weighted by Crippen LogP contribution is 2.55. The van der Waals surface area contributed by atoms with Gasteiger partial charge in [-0.1, -0.05) is 81.5 Å². The zero-order valence-corrected chi connectivity index (χ0v) is 20.0. The Balaban J connectivity index is 2.00. The zero-order chi connectivity index (χ0) is 23.1. The molecule has 0 spiro atoms. The van der Waals surface area contributed by atoms with Gasteiger partial charge in [-0.25, -0.2) is 0 Å². The van der Waals surface area contributed by atoms with Gasteiger partial charge >= 0.3 is 0 Å². The summed E-state index contributed by atoms with van der Waals surface area (Å²) in [6, 6.07) is 11.0. The number of unbranched alkanes of at least 4 members (excludes halogenated alkanes) is 1. The first-order valence-corrected chi connectivity index (χ1v) is 11.6. The first kappa shape index (κ1) is 23.5. The van der Waals surface area contributed by atoms with Crippen molar-refractivity contribution in [1.29, 1.82) is 0 Å². The van der Waals surface area contributed by atoms with E-state index in [2.05, 4.69) is 98.1 Å². The number of allylic oxidation sites excluding steroid dienone is 6. The molecular formula is C29H37N3. The lowest BCUT2D eigenvalue weighted by Gasteiger charge is -2.32. The molecule has 0 fully saturated rings. The van der Waals surface area contributed by atoms with Crippen molar-refractivity contribution in [2.75, 3.05) is 12.4 Å². The molecule has 1 heterocycles. The molecule has 168 valence electrons. The van der Waals surface area contributed by atoms with Crippen LogP contribution in [0.4, 0.5) is 5.82 Å². The van der Waals surface area contributed by atoms with Gasteiger partial charge in [0.25, 0.3) is 0 Å². The number of hydrogen-bond acceptors (Lipinski definition) is 2. The first-order chi connectivity index (χ1) is 15.5. The van der Waals surface area contributed by atoms with E-state index in [1.54, 1.807) is 0 Å². The minimum Gasteiger partial charge on any atom is -0.375 e. The normalized spacial score (nSPS) is 17.9. The van der Waals surface area contributed by atoms with Gasteiger partial charge in [-0.2, -0.15) is 0 Å². The minimum atomic E-state index is -0.179. The van der Waals surface area contributed by atoms with E-state index < -0.39 is 0 Å². The van der Waals surface area contributed by atoms with Gasteiger partial charge in [-0.15, -0.1) is 0 Å². The van der Waals surface area contributed by atoms with E-state index in [1.165, 1.54) is 28.0 Å². The fourth-order valence-corrected chi connectivity index (χ4v) is 4.82. The molecule has 0 saturated heterocycles. The molecule has 0 amide bonds. The lowest BCUT2D eigenvalue weighted by atomic mass is 9.70. The summed E-state index contributed by atoms with van der Waals surface area (Å²) in [4.78, 5) is 3.58. The molecule has 1 aliphatic carbocycles. The first-order valence-electron chi connectivity index (χ1n) is 11.6. The lowest BCUT2D eigenvalue weighted by Crippen LogP contribution is -2.26. The number of benzene rings is 1. The van der Waals surface area contributed by atoms with Crippen molar-refractivity contribution in [2.45, 2.75) is 51.9 Å². The van der Waals surface area contributed by atoms with Gasteiger partial charge in [0.2, 0.25) is 0 Å². The summed E-state index contributed by atoms with van der Waals surface area (Å²) < 4.78 is 0. The predicted molar refractivity (Wildman–Crippen MR) is 140 cm³/mol. The molecule has 0 saturated carbocycles. The van der Waals surface area contributed by atoms with E-state index in [-0.39, 0.29) is 5.41 Å². The van der Waals surface area contributed by atoms with Gasteiger partial charge in [-0.05, 0) is 49.1 Å². The van der Waals surface area contributed by atoms with Crippen LogP contribution >= 0.6 is 0 Å². The molecule has 1 unspecified atom stereocenters. The van der Waals surface area contributed by atoms with Crippen LogP contribution in [0.3, 0.4) is 0 Å². The largest absolute Gasteiger partial charge is 0.375 e. The fraction of sp³-hybridized carbons (Fsp3) is 0.310. The Bertz CT molecular complexity index is 1060. The monoisotopic (exact) mass is 427 g/mol. The molecule has 2 aromatic rings. The summed E-state index contributed by atoms with van der Waals surface area (Å²) in [5.41, 5.74) is 8.29. The number of nitrogens with one attached hydrogen (secondary N) is 3. The Morgan fingerprint density at radius 3 is 2.62 bits per heavy atom. The fourth-order valence-electron chi connectivity index (χ4n) is 4.82. The van der Waals surface area contributed by atoms with Crippen molar-refractivity contribution in [3.8, 4) is 11.3 Å². The Labute approximate surface area is 193 Å². The Hall–Kier alpha value is -3.20. The molecule has 1 aliphatic rings. The quantitative estimate of drug-likeness (QED) is 0.255. The van der Waals surface area contributed by atoms with E-state index in [1.807, 2.05) is 19.2 Å². The highest BCUT2D eigenvalue weighted by molar-refractivity contribution is 5.83. The molecule has 3 rings (SSSR count). The molecule has 0 aliphatic heterocycles. The Morgan fingerprint density at radius 2 is 1.94 bits per heavy atom. The average Bonchev–Trinajstić information content (AvgIpc) is 3.33. The van der Waals surface area contributed by atoms with Crippen molar-refractivity contribution < 1.29 is 0 Å². The van der Waals surface area contributed by atoms with Crippen LogP contribution in [0.5, 0.6) is 0 Å². The third-order valence-electron chi connectivity index (χ3n) is 6.38. The number of H-pyrrole nitrogens is 1. The van der Waals surface area contributed by atoms with Crippen molar-refractivity contribution in [1.82, 2.24) is 10.3 Å². The molecule has 3 nitrogen and oxygen atoms in total. The van der Waals surface area contributed by atoms with Crippen molar-refractivity contribution in [3.63, 3.8) is 0 Å². The molecule has 3 N–H and O–H groups in total. The minimum absolute atomic E-state index is 0.179. The maximum absolute atomic E-state index is 4.22. The maximum atomic E-state index is 4.22. The number of anilines is 1. The Morgan fingerprint density at radius 1 is 1.16 bits per heavy atom. The van der Waals surface area contributed by atoms with Crippen LogP contribution in [-0.2, 0) is 5.41 Å². The Kier molecular flexibility index (Phi) is 7.63. The van der Waals surface area contributed by atoms with Gasteiger partial charge < -0.3 is 15.6 Å². The third-order valence-corrected chi connectivity index (χ3v) is 6.38. The highest BCUT2D eigenvalue weighted by atomic mass is 15.0. The van der Waals surface area contributed by atoms with Gasteiger partial charge in [0.15, 0.2) is 0 Å². The van der Waals surface area contributed by atoms with Crippen LogP contribution in [-0.4, -0.2) is 12.0 Å². The molecule has 0 bridgehead atoms. The van der Waals surface area contributed by atoms with Crippen molar-refractivity contribution in [3.05, 3.63) is 102 Å². The molecule has 32 heavy (non-hydrogen) atoms. The molecule has 1 aromatic heterocycles. The molecule has 0 radical (unpaired) electrons. The number of hydrogen-bond donors (Lipinski definition) is 3. The summed E-state index contributed by atoms with van der Waals surface area (Å²) in [6.07, 6.45) is 14.6. The van der Waals surface area contributed by atoms with Crippen LogP contribution < -0.4 is 10.6 Å². The van der Waals surface area contributed by atoms with Crippen molar-refractivity contribution >= 4 is 5.82 Å². The van der Waals surface area contributed by atoms with Gasteiger partial charge in [-0.3, -0.25) is 0 Å². The zero-order valence-electron chi connectivity index (χ0n) is 20.0.